The molecule has 1 N–H and O–H groups in total. The maximum atomic E-state index is 4.50. The van der Waals surface area contributed by atoms with E-state index in [1.807, 2.05) is 0 Å². The second kappa shape index (κ2) is 5.15. The van der Waals surface area contributed by atoms with E-state index in [2.05, 4.69) is 38.7 Å². The molecule has 5 nitrogen and oxygen atoms in total. The molecule has 3 rings (SSSR count). The highest BCUT2D eigenvalue weighted by molar-refractivity contribution is 5.82. The third kappa shape index (κ3) is 2.17. The van der Waals surface area contributed by atoms with Crippen molar-refractivity contribution in [2.75, 3.05) is 11.4 Å². The number of H-pyrrole nitrogens is 1. The zero-order valence-corrected chi connectivity index (χ0v) is 11.6. The van der Waals surface area contributed by atoms with E-state index in [0.717, 1.165) is 23.5 Å². The molecule has 0 amide bonds. The smallest absolute Gasteiger partial charge is 0.182 e. The second-order valence-corrected chi connectivity index (χ2v) is 5.47. The van der Waals surface area contributed by atoms with Gasteiger partial charge in [-0.25, -0.2) is 15.0 Å². The van der Waals surface area contributed by atoms with Crippen LogP contribution in [0.5, 0.6) is 0 Å². The van der Waals surface area contributed by atoms with Gasteiger partial charge in [0.25, 0.3) is 0 Å². The normalized spacial score (nSPS) is 21.2. The fourth-order valence-corrected chi connectivity index (χ4v) is 3.26. The van der Waals surface area contributed by atoms with Crippen molar-refractivity contribution in [1.82, 2.24) is 19.9 Å². The van der Waals surface area contributed by atoms with E-state index >= 15 is 0 Å². The Morgan fingerprint density at radius 3 is 3.16 bits per heavy atom. The van der Waals surface area contributed by atoms with Crippen LogP contribution in [0.1, 0.15) is 39.5 Å². The number of hydrogen-bond acceptors (Lipinski definition) is 4. The first-order valence-electron chi connectivity index (χ1n) is 7.22. The molecule has 0 saturated carbocycles. The van der Waals surface area contributed by atoms with E-state index in [1.54, 1.807) is 12.7 Å². The van der Waals surface area contributed by atoms with Crippen LogP contribution < -0.4 is 4.90 Å². The predicted molar refractivity (Wildman–Crippen MR) is 76.1 cm³/mol. The third-order valence-electron chi connectivity index (χ3n) is 4.18. The number of aromatic nitrogens is 4. The third-order valence-corrected chi connectivity index (χ3v) is 4.18. The Morgan fingerprint density at radius 2 is 2.32 bits per heavy atom. The van der Waals surface area contributed by atoms with Crippen molar-refractivity contribution in [3.05, 3.63) is 12.7 Å². The van der Waals surface area contributed by atoms with Gasteiger partial charge >= 0.3 is 0 Å². The molecule has 2 unspecified atom stereocenters. The minimum absolute atomic E-state index is 0.598. The van der Waals surface area contributed by atoms with E-state index in [0.29, 0.717) is 12.0 Å². The highest BCUT2D eigenvalue weighted by Crippen LogP contribution is 2.32. The van der Waals surface area contributed by atoms with Crippen molar-refractivity contribution in [1.29, 1.82) is 0 Å². The van der Waals surface area contributed by atoms with Gasteiger partial charge in [0.1, 0.15) is 11.8 Å². The van der Waals surface area contributed by atoms with Gasteiger partial charge in [0.2, 0.25) is 0 Å². The molecule has 2 aromatic heterocycles. The summed E-state index contributed by atoms with van der Waals surface area (Å²) in [5, 5.41) is 0. The molecule has 3 heterocycles. The number of fused-ring (bicyclic) bond motifs is 1. The first kappa shape index (κ1) is 12.4. The first-order chi connectivity index (χ1) is 9.31. The van der Waals surface area contributed by atoms with Crippen LogP contribution in [0, 0.1) is 5.92 Å². The fraction of sp³-hybridized carbons (Fsp3) is 0.643. The number of anilines is 1. The van der Waals surface area contributed by atoms with Gasteiger partial charge in [0.15, 0.2) is 11.5 Å². The Morgan fingerprint density at radius 1 is 1.42 bits per heavy atom. The van der Waals surface area contributed by atoms with Gasteiger partial charge in [-0.1, -0.05) is 20.3 Å². The molecule has 1 saturated heterocycles. The average Bonchev–Trinajstić information content (AvgIpc) is 3.07. The summed E-state index contributed by atoms with van der Waals surface area (Å²) in [5.74, 6) is 1.73. The van der Waals surface area contributed by atoms with Crippen LogP contribution in [0.3, 0.4) is 0 Å². The molecule has 0 aromatic carbocycles. The van der Waals surface area contributed by atoms with E-state index in [-0.39, 0.29) is 0 Å². The molecule has 1 aliphatic rings. The topological polar surface area (TPSA) is 57.7 Å². The Hall–Kier alpha value is -1.65. The van der Waals surface area contributed by atoms with E-state index in [9.17, 15) is 0 Å². The van der Waals surface area contributed by atoms with Gasteiger partial charge in [-0.15, -0.1) is 0 Å². The van der Waals surface area contributed by atoms with Crippen molar-refractivity contribution in [2.45, 2.75) is 45.6 Å². The molecule has 0 radical (unpaired) electrons. The highest BCUT2D eigenvalue weighted by Gasteiger charge is 2.31. The summed E-state index contributed by atoms with van der Waals surface area (Å²) in [6.45, 7) is 5.70. The zero-order valence-electron chi connectivity index (χ0n) is 11.6. The molecule has 2 atom stereocenters. The van der Waals surface area contributed by atoms with Crippen molar-refractivity contribution >= 4 is 17.0 Å². The largest absolute Gasteiger partial charge is 0.351 e. The number of hydrogen-bond donors (Lipinski definition) is 1. The Labute approximate surface area is 113 Å². The van der Waals surface area contributed by atoms with Crippen LogP contribution in [0.2, 0.25) is 0 Å². The van der Waals surface area contributed by atoms with Crippen LogP contribution in [0.15, 0.2) is 12.7 Å². The van der Waals surface area contributed by atoms with E-state index < -0.39 is 0 Å². The summed E-state index contributed by atoms with van der Waals surface area (Å²) in [7, 11) is 0. The molecule has 0 aliphatic carbocycles. The van der Waals surface area contributed by atoms with Crippen LogP contribution >= 0.6 is 0 Å². The van der Waals surface area contributed by atoms with Crippen molar-refractivity contribution < 1.29 is 0 Å². The maximum Gasteiger partial charge on any atom is 0.182 e. The van der Waals surface area contributed by atoms with Crippen molar-refractivity contribution in [3.63, 3.8) is 0 Å². The predicted octanol–water partition coefficient (Wildman–Crippen LogP) is 2.76. The quantitative estimate of drug-likeness (QED) is 0.917. The van der Waals surface area contributed by atoms with Crippen LogP contribution in [-0.4, -0.2) is 32.5 Å². The summed E-state index contributed by atoms with van der Waals surface area (Å²) >= 11 is 0. The molecule has 1 fully saturated rings. The standard InChI is InChI=1S/C14H21N5/c1-3-5-10(2)11-6-4-7-19(11)14-12-13(16-8-15-12)17-9-18-14/h8-11H,3-7H2,1-2H3,(H,15,16,17,18). The second-order valence-electron chi connectivity index (χ2n) is 5.47. The monoisotopic (exact) mass is 259 g/mol. The summed E-state index contributed by atoms with van der Waals surface area (Å²) in [4.78, 5) is 18.5. The van der Waals surface area contributed by atoms with Gasteiger partial charge in [0, 0.05) is 12.6 Å². The van der Waals surface area contributed by atoms with Crippen molar-refractivity contribution in [3.8, 4) is 0 Å². The van der Waals surface area contributed by atoms with Gasteiger partial charge in [-0.2, -0.15) is 0 Å². The summed E-state index contributed by atoms with van der Waals surface area (Å²) in [5.41, 5.74) is 1.73. The maximum absolute atomic E-state index is 4.50. The summed E-state index contributed by atoms with van der Waals surface area (Å²) in [6, 6.07) is 0.598. The lowest BCUT2D eigenvalue weighted by molar-refractivity contribution is 0.420. The molecule has 0 spiro atoms. The Kier molecular flexibility index (Phi) is 3.36. The molecular formula is C14H21N5. The zero-order chi connectivity index (χ0) is 13.2. The van der Waals surface area contributed by atoms with Gasteiger partial charge in [-0.05, 0) is 25.2 Å². The number of aromatic amines is 1. The number of nitrogens with zero attached hydrogens (tertiary/aromatic N) is 4. The Bertz CT molecular complexity index is 550. The van der Waals surface area contributed by atoms with Gasteiger partial charge < -0.3 is 9.88 Å². The molecule has 1 aliphatic heterocycles. The molecule has 2 aromatic rings. The number of rotatable bonds is 4. The molecule has 102 valence electrons. The molecule has 0 bridgehead atoms. The van der Waals surface area contributed by atoms with E-state index in [4.69, 9.17) is 0 Å². The molecule has 19 heavy (non-hydrogen) atoms. The average molecular weight is 259 g/mol. The molecular weight excluding hydrogens is 238 g/mol. The Balaban J connectivity index is 1.94. The first-order valence-corrected chi connectivity index (χ1v) is 7.22. The minimum atomic E-state index is 0.598. The lowest BCUT2D eigenvalue weighted by Crippen LogP contribution is -2.35. The number of nitrogens with one attached hydrogen (secondary N) is 1. The molecule has 5 heteroatoms. The minimum Gasteiger partial charge on any atom is -0.351 e. The van der Waals surface area contributed by atoms with Crippen LogP contribution in [-0.2, 0) is 0 Å². The van der Waals surface area contributed by atoms with Gasteiger partial charge in [0.05, 0.1) is 6.33 Å². The van der Waals surface area contributed by atoms with Crippen LogP contribution in [0.4, 0.5) is 5.82 Å². The lowest BCUT2D eigenvalue weighted by atomic mass is 9.95. The lowest BCUT2D eigenvalue weighted by Gasteiger charge is -2.30. The number of imidazole rings is 1. The highest BCUT2D eigenvalue weighted by atomic mass is 15.3. The summed E-state index contributed by atoms with van der Waals surface area (Å²) in [6.07, 6.45) is 8.36. The van der Waals surface area contributed by atoms with E-state index in [1.165, 1.54) is 25.7 Å². The van der Waals surface area contributed by atoms with Gasteiger partial charge in [-0.3, -0.25) is 0 Å². The fourth-order valence-electron chi connectivity index (χ4n) is 3.26. The SMILES string of the molecule is CCCC(C)C1CCCN1c1ncnc2nc[nH]c12. The van der Waals surface area contributed by atoms with Crippen LogP contribution in [0.25, 0.3) is 11.2 Å². The summed E-state index contributed by atoms with van der Waals surface area (Å²) < 4.78 is 0. The van der Waals surface area contributed by atoms with Crippen molar-refractivity contribution in [2.24, 2.45) is 5.92 Å².